The van der Waals surface area contributed by atoms with Crippen LogP contribution in [0, 0.1) is 0 Å². The molecule has 0 radical (unpaired) electrons. The third kappa shape index (κ3) is 8.93. The average Bonchev–Trinajstić information content (AvgIpc) is 1.60. The lowest BCUT2D eigenvalue weighted by molar-refractivity contribution is 0.668. The fourth-order valence-corrected chi connectivity index (χ4v) is 18.3. The van der Waals surface area contributed by atoms with Crippen LogP contribution in [-0.4, -0.2) is 22.8 Å². The zero-order chi connectivity index (χ0) is 71.1. The number of hydrogen-bond donors (Lipinski definition) is 0. The van der Waals surface area contributed by atoms with Gasteiger partial charge in [0.25, 0.3) is 0 Å². The van der Waals surface area contributed by atoms with Crippen LogP contribution in [0.4, 0.5) is 0 Å². The minimum Gasteiger partial charge on any atom is -0.456 e. The van der Waals surface area contributed by atoms with Crippen LogP contribution in [0.3, 0.4) is 0 Å². The summed E-state index contributed by atoms with van der Waals surface area (Å²) in [6.07, 6.45) is 0. The van der Waals surface area contributed by atoms with Crippen LogP contribution >= 0.6 is 0 Å². The van der Waals surface area contributed by atoms with Crippen molar-refractivity contribution >= 4 is 153 Å². The summed E-state index contributed by atoms with van der Waals surface area (Å²) in [5.41, 5.74) is 29.8. The molecule has 0 aliphatic heterocycles. The predicted octanol–water partition coefficient (Wildman–Crippen LogP) is 27.6. The van der Waals surface area contributed by atoms with Crippen molar-refractivity contribution in [3.8, 4) is 72.9 Å². The molecule has 7 heterocycles. The van der Waals surface area contributed by atoms with Gasteiger partial charge in [-0.1, -0.05) is 176 Å². The normalized spacial score (nSPS) is 12.2. The van der Waals surface area contributed by atoms with E-state index in [0.717, 1.165) is 150 Å². The summed E-state index contributed by atoms with van der Waals surface area (Å²) in [7, 11) is 0. The van der Waals surface area contributed by atoms with E-state index in [2.05, 4.69) is 393 Å². The monoisotopic (exact) mass is 1390 g/mol. The minimum absolute atomic E-state index is 0.867. The maximum absolute atomic E-state index is 6.60. The Hall–Kier alpha value is -14.7. The Morgan fingerprint density at radius 1 is 0.128 bits per heavy atom. The molecule has 0 aliphatic carbocycles. The summed E-state index contributed by atoms with van der Waals surface area (Å²) in [5, 5.41) is 16.4. The molecule has 7 heteroatoms. The molecule has 0 saturated heterocycles. The van der Waals surface area contributed by atoms with Crippen molar-refractivity contribution in [1.82, 2.24) is 22.8 Å². The van der Waals surface area contributed by atoms with E-state index in [-0.39, 0.29) is 0 Å². The van der Waals surface area contributed by atoms with Crippen molar-refractivity contribution in [3.63, 3.8) is 0 Å². The van der Waals surface area contributed by atoms with Crippen LogP contribution in [-0.2, 0) is 0 Å². The van der Waals surface area contributed by atoms with Gasteiger partial charge in [0.2, 0.25) is 0 Å². The SMILES string of the molecule is c1ccc(-n2c3ccc(-c4ccc5oc6ccc(-n7c8ccccc8c8ccccc87)cc6c5c4)cc3c3cc(-c4ccc5c(c4)c4cc(-c6ccc7c(c6)c6cc(-c8ccc9oc%10ccc(-n%11c%12ccccc%12c%12ccccc%12%11)cc%10c9c8)ccc6n7-c6ccccc6)ccc4n5-c4ccccc4)ccc32)cc1. The maximum Gasteiger partial charge on any atom is 0.135 e. The van der Waals surface area contributed by atoms with Gasteiger partial charge in [-0.3, -0.25) is 0 Å². The zero-order valence-electron chi connectivity index (χ0n) is 58.8. The van der Waals surface area contributed by atoms with Crippen molar-refractivity contribution in [3.05, 3.63) is 370 Å². The van der Waals surface area contributed by atoms with Crippen LogP contribution in [0.15, 0.2) is 379 Å². The summed E-state index contributed by atoms with van der Waals surface area (Å²) in [6, 6.07) is 136. The summed E-state index contributed by atoms with van der Waals surface area (Å²) in [4.78, 5) is 0. The highest BCUT2D eigenvalue weighted by Gasteiger charge is 2.23. The summed E-state index contributed by atoms with van der Waals surface area (Å²) < 4.78 is 25.2. The summed E-state index contributed by atoms with van der Waals surface area (Å²) in [5.74, 6) is 0. The Labute approximate surface area is 623 Å². The van der Waals surface area contributed by atoms with Crippen molar-refractivity contribution in [2.45, 2.75) is 0 Å². The highest BCUT2D eigenvalue weighted by Crippen LogP contribution is 2.46. The molecule has 7 nitrogen and oxygen atoms in total. The van der Waals surface area contributed by atoms with Gasteiger partial charge in [-0.05, 0) is 239 Å². The molecular weight excluding hydrogens is 1330 g/mol. The molecule has 7 aromatic heterocycles. The number of hydrogen-bond acceptors (Lipinski definition) is 2. The lowest BCUT2D eigenvalue weighted by Gasteiger charge is -2.09. The highest BCUT2D eigenvalue weighted by atomic mass is 16.3. The molecular formula is C102H61N5O2. The van der Waals surface area contributed by atoms with Crippen molar-refractivity contribution in [2.75, 3.05) is 0 Å². The molecule has 0 fully saturated rings. The molecule has 0 bridgehead atoms. The number of para-hydroxylation sites is 7. The Kier molecular flexibility index (Phi) is 12.6. The molecule has 0 atom stereocenters. The number of furan rings is 2. The van der Waals surface area contributed by atoms with Crippen LogP contribution in [0.25, 0.3) is 226 Å². The van der Waals surface area contributed by atoms with Crippen LogP contribution in [0.5, 0.6) is 0 Å². The van der Waals surface area contributed by atoms with Gasteiger partial charge in [-0.15, -0.1) is 0 Å². The Morgan fingerprint density at radius 2 is 0.321 bits per heavy atom. The van der Waals surface area contributed by atoms with E-state index in [9.17, 15) is 0 Å². The number of benzene rings is 17. The zero-order valence-corrected chi connectivity index (χ0v) is 58.8. The van der Waals surface area contributed by atoms with Gasteiger partial charge in [-0.2, -0.15) is 0 Å². The van der Waals surface area contributed by atoms with Gasteiger partial charge in [0.05, 0.1) is 55.2 Å². The van der Waals surface area contributed by atoms with E-state index < -0.39 is 0 Å². The molecule has 0 amide bonds. The van der Waals surface area contributed by atoms with Crippen LogP contribution in [0.1, 0.15) is 0 Å². The maximum atomic E-state index is 6.60. The van der Waals surface area contributed by atoms with Gasteiger partial charge < -0.3 is 31.7 Å². The van der Waals surface area contributed by atoms with E-state index in [1.54, 1.807) is 0 Å². The van der Waals surface area contributed by atoms with E-state index >= 15 is 0 Å². The Balaban J connectivity index is 0.631. The largest absolute Gasteiger partial charge is 0.456 e. The molecule has 24 rings (SSSR count). The predicted molar refractivity (Wildman–Crippen MR) is 454 cm³/mol. The first kappa shape index (κ1) is 59.7. The van der Waals surface area contributed by atoms with Crippen molar-refractivity contribution in [1.29, 1.82) is 0 Å². The third-order valence-electron chi connectivity index (χ3n) is 23.3. The van der Waals surface area contributed by atoms with Crippen molar-refractivity contribution in [2.24, 2.45) is 0 Å². The second kappa shape index (κ2) is 22.9. The van der Waals surface area contributed by atoms with Gasteiger partial charge in [0.1, 0.15) is 22.3 Å². The lowest BCUT2D eigenvalue weighted by Crippen LogP contribution is -1.93. The second-order valence-electron chi connectivity index (χ2n) is 29.1. The Bertz CT molecular complexity index is 7420. The smallest absolute Gasteiger partial charge is 0.135 e. The van der Waals surface area contributed by atoms with Crippen LogP contribution < -0.4 is 0 Å². The van der Waals surface area contributed by atoms with Crippen LogP contribution in [0.2, 0.25) is 0 Å². The van der Waals surface area contributed by atoms with E-state index in [4.69, 9.17) is 8.83 Å². The van der Waals surface area contributed by atoms with E-state index in [1.165, 1.54) is 75.9 Å². The number of nitrogens with zero attached hydrogens (tertiary/aromatic N) is 5. The summed E-state index contributed by atoms with van der Waals surface area (Å²) >= 11 is 0. The molecule has 109 heavy (non-hydrogen) atoms. The number of rotatable bonds is 9. The summed E-state index contributed by atoms with van der Waals surface area (Å²) in [6.45, 7) is 0. The van der Waals surface area contributed by atoms with Crippen molar-refractivity contribution < 1.29 is 8.83 Å². The average molecular weight is 1390 g/mol. The van der Waals surface area contributed by atoms with Gasteiger partial charge in [-0.25, -0.2) is 0 Å². The first-order chi connectivity index (χ1) is 54.0. The molecule has 17 aromatic carbocycles. The molecule has 0 aliphatic rings. The quantitative estimate of drug-likeness (QED) is 0.145. The molecule has 0 unspecified atom stereocenters. The second-order valence-corrected chi connectivity index (χ2v) is 29.1. The van der Waals surface area contributed by atoms with Gasteiger partial charge in [0, 0.05) is 104 Å². The lowest BCUT2D eigenvalue weighted by atomic mass is 9.97. The molecule has 506 valence electrons. The van der Waals surface area contributed by atoms with Gasteiger partial charge in [0.15, 0.2) is 0 Å². The first-order valence-electron chi connectivity index (χ1n) is 37.3. The van der Waals surface area contributed by atoms with E-state index in [1.807, 2.05) is 0 Å². The first-order valence-corrected chi connectivity index (χ1v) is 37.3. The molecule has 24 aromatic rings. The van der Waals surface area contributed by atoms with E-state index in [0.29, 0.717) is 0 Å². The fourth-order valence-electron chi connectivity index (χ4n) is 18.3. The minimum atomic E-state index is 0.867. The van der Waals surface area contributed by atoms with Gasteiger partial charge >= 0.3 is 0 Å². The molecule has 0 N–H and O–H groups in total. The standard InChI is InChI=1S/C102H61N5O2/c1-4-18-70(19-5-1)103-93-42-32-62(64-34-44-95-81(54-64)83-56-66(36-46-97(83)104(95)71-20-6-2-7-21-71)68-38-48-99-85(58-68)87-60-73(40-50-101(87)108-99)106-89-28-14-10-24-75(89)76-25-11-15-29-90(76)106)52-79(93)80-53-63(33-43-94(80)103)65-35-45-96-82(55-65)84-57-67(37-47-98(84)105(96)72-22-8-3-9-23-72)69-39-49-100-86(59-69)88-61-74(41-51-102(88)109-100)107-91-30-16-12-26-77(91)78-27-13-17-31-92(78)107/h1-61H. The molecule has 0 spiro atoms. The topological polar surface area (TPSA) is 50.9 Å². The Morgan fingerprint density at radius 3 is 0.587 bits per heavy atom. The highest BCUT2D eigenvalue weighted by molar-refractivity contribution is 6.18. The molecule has 0 saturated carbocycles. The number of aromatic nitrogens is 5. The fraction of sp³-hybridized carbons (Fsp3) is 0. The number of fused-ring (bicyclic) bond motifs is 21. The third-order valence-corrected chi connectivity index (χ3v) is 23.3.